The minimum absolute atomic E-state index is 0.0490. The zero-order valence-corrected chi connectivity index (χ0v) is 36.4. The molecule has 0 fully saturated rings. The van der Waals surface area contributed by atoms with Crippen molar-refractivity contribution in [2.75, 3.05) is 4.90 Å². The van der Waals surface area contributed by atoms with Crippen molar-refractivity contribution in [1.29, 1.82) is 0 Å². The molecule has 0 unspecified atom stereocenters. The maximum atomic E-state index is 2.48. The van der Waals surface area contributed by atoms with E-state index in [1.807, 2.05) is 0 Å². The quantitative estimate of drug-likeness (QED) is 0.171. The summed E-state index contributed by atoms with van der Waals surface area (Å²) in [6, 6.07) is 75.5. The third kappa shape index (κ3) is 5.90. The second-order valence-corrected chi connectivity index (χ2v) is 18.9. The summed E-state index contributed by atoms with van der Waals surface area (Å²) in [6.45, 7) is 9.48. The monoisotopic (exact) mass is 807 g/mol. The van der Waals surface area contributed by atoms with Gasteiger partial charge in [0.2, 0.25) is 0 Å². The van der Waals surface area contributed by atoms with Gasteiger partial charge in [0.25, 0.3) is 0 Å². The Kier molecular flexibility index (Phi) is 8.44. The molecule has 0 saturated carbocycles. The molecular formula is C62H49N. The van der Waals surface area contributed by atoms with E-state index in [1.165, 1.54) is 100 Å². The highest BCUT2D eigenvalue weighted by atomic mass is 15.1. The molecule has 0 N–H and O–H groups in total. The highest BCUT2D eigenvalue weighted by Gasteiger charge is 2.37. The summed E-state index contributed by atoms with van der Waals surface area (Å²) in [4.78, 5) is 2.48. The molecule has 0 heterocycles. The Morgan fingerprint density at radius 3 is 1.21 bits per heavy atom. The van der Waals surface area contributed by atoms with Crippen molar-refractivity contribution in [2.45, 2.75) is 51.4 Å². The molecule has 302 valence electrons. The van der Waals surface area contributed by atoms with Crippen molar-refractivity contribution in [1.82, 2.24) is 0 Å². The smallest absolute Gasteiger partial charge is 0.0465 e. The van der Waals surface area contributed by atoms with E-state index in [2.05, 4.69) is 233 Å². The van der Waals surface area contributed by atoms with Gasteiger partial charge in [0.15, 0.2) is 0 Å². The highest BCUT2D eigenvalue weighted by molar-refractivity contribution is 5.88. The van der Waals surface area contributed by atoms with Crippen molar-refractivity contribution in [3.05, 3.63) is 245 Å². The summed E-state index contributed by atoms with van der Waals surface area (Å²) in [5.41, 5.74) is 27.3. The number of nitrogens with zero attached hydrogens (tertiary/aromatic N) is 1. The Hall–Kier alpha value is -7.22. The largest absolute Gasteiger partial charge is 0.310 e. The Bertz CT molecular complexity index is 3290. The molecule has 0 spiro atoms. The number of hydrogen-bond acceptors (Lipinski definition) is 1. The Morgan fingerprint density at radius 1 is 0.286 bits per heavy atom. The van der Waals surface area contributed by atoms with Crippen LogP contribution in [0.15, 0.2) is 200 Å². The van der Waals surface area contributed by atoms with E-state index in [0.717, 1.165) is 29.9 Å². The lowest BCUT2D eigenvalue weighted by Gasteiger charge is -2.29. The van der Waals surface area contributed by atoms with Crippen LogP contribution in [-0.4, -0.2) is 0 Å². The first-order valence-electron chi connectivity index (χ1n) is 22.5. The maximum absolute atomic E-state index is 2.48. The first-order chi connectivity index (χ1) is 30.7. The van der Waals surface area contributed by atoms with Crippen molar-refractivity contribution in [3.63, 3.8) is 0 Å². The van der Waals surface area contributed by atoms with Gasteiger partial charge in [-0.05, 0) is 155 Å². The van der Waals surface area contributed by atoms with Gasteiger partial charge < -0.3 is 4.90 Å². The molecule has 0 amide bonds. The molecule has 0 aromatic heterocycles. The van der Waals surface area contributed by atoms with Crippen molar-refractivity contribution in [2.24, 2.45) is 0 Å². The van der Waals surface area contributed by atoms with Crippen molar-refractivity contribution in [3.8, 4) is 55.6 Å². The van der Waals surface area contributed by atoms with Gasteiger partial charge in [-0.1, -0.05) is 185 Å². The third-order valence-corrected chi connectivity index (χ3v) is 14.6. The van der Waals surface area contributed by atoms with Crippen LogP contribution in [0.3, 0.4) is 0 Å². The van der Waals surface area contributed by atoms with Gasteiger partial charge in [-0.3, -0.25) is 0 Å². The number of benzene rings is 9. The third-order valence-electron chi connectivity index (χ3n) is 14.6. The van der Waals surface area contributed by atoms with Crippen LogP contribution < -0.4 is 4.90 Å². The van der Waals surface area contributed by atoms with Gasteiger partial charge >= 0.3 is 0 Å². The second kappa shape index (κ2) is 14.2. The lowest BCUT2D eigenvalue weighted by molar-refractivity contribution is 0.660. The molecule has 0 aliphatic heterocycles. The van der Waals surface area contributed by atoms with Crippen LogP contribution in [0.1, 0.15) is 72.2 Å². The van der Waals surface area contributed by atoms with Crippen LogP contribution in [0.5, 0.6) is 0 Å². The summed E-state index contributed by atoms with van der Waals surface area (Å²) in [7, 11) is 0. The Labute approximate surface area is 372 Å². The molecule has 3 aliphatic carbocycles. The molecule has 63 heavy (non-hydrogen) atoms. The molecule has 1 heteroatoms. The SMILES string of the molecule is CC1(C)c2ccccc2-c2ccc(-c3ccc(N(c4ccc5c(c4)Cc4ccccc4-c4ccccc4Cc4ccccc4-5)c4ccc5c(c4)C(C)(C)c4ccccc4-5)cc3)cc21. The Morgan fingerprint density at radius 2 is 0.651 bits per heavy atom. The minimum Gasteiger partial charge on any atom is -0.310 e. The maximum Gasteiger partial charge on any atom is 0.0465 e. The fourth-order valence-electron chi connectivity index (χ4n) is 11.3. The van der Waals surface area contributed by atoms with E-state index in [-0.39, 0.29) is 10.8 Å². The fraction of sp³-hybridized carbons (Fsp3) is 0.129. The summed E-state index contributed by atoms with van der Waals surface area (Å²) >= 11 is 0. The molecule has 0 bridgehead atoms. The van der Waals surface area contributed by atoms with Crippen molar-refractivity contribution >= 4 is 17.1 Å². The lowest BCUT2D eigenvalue weighted by Crippen LogP contribution is -2.16. The average molecular weight is 808 g/mol. The Balaban J connectivity index is 1.01. The van der Waals surface area contributed by atoms with E-state index >= 15 is 0 Å². The molecular weight excluding hydrogens is 759 g/mol. The topological polar surface area (TPSA) is 3.24 Å². The van der Waals surface area contributed by atoms with E-state index in [4.69, 9.17) is 0 Å². The molecule has 9 aromatic rings. The van der Waals surface area contributed by atoms with Crippen LogP contribution in [-0.2, 0) is 23.7 Å². The van der Waals surface area contributed by atoms with Crippen LogP contribution in [0.4, 0.5) is 17.1 Å². The first-order valence-corrected chi connectivity index (χ1v) is 22.5. The molecule has 1 nitrogen and oxygen atoms in total. The van der Waals surface area contributed by atoms with Crippen LogP contribution in [0, 0.1) is 0 Å². The predicted molar refractivity (Wildman–Crippen MR) is 265 cm³/mol. The van der Waals surface area contributed by atoms with Gasteiger partial charge in [0.05, 0.1) is 0 Å². The molecule has 3 aliphatic rings. The average Bonchev–Trinajstić information content (AvgIpc) is 3.69. The molecule has 0 saturated heterocycles. The fourth-order valence-corrected chi connectivity index (χ4v) is 11.3. The van der Waals surface area contributed by atoms with Gasteiger partial charge in [0, 0.05) is 27.9 Å². The minimum atomic E-state index is -0.120. The van der Waals surface area contributed by atoms with E-state index < -0.39 is 0 Å². The zero-order chi connectivity index (χ0) is 42.5. The standard InChI is InChI=1S/C62H49N/c1-61(2)57-23-13-11-21-53(57)55-32-27-41(38-59(55)61)40-25-28-46(29-26-40)63(48-31-34-56-54-22-12-14-24-58(54)62(3,4)60(56)39-48)47-30-33-52-45(37-47)36-44-17-7-9-19-50(44)49-18-8-5-15-42(49)35-43-16-6-10-20-51(43)52/h5-34,37-39H,35-36H2,1-4H3. The van der Waals surface area contributed by atoms with Gasteiger partial charge in [-0.2, -0.15) is 0 Å². The van der Waals surface area contributed by atoms with E-state index in [9.17, 15) is 0 Å². The zero-order valence-electron chi connectivity index (χ0n) is 36.4. The lowest BCUT2D eigenvalue weighted by atomic mass is 9.81. The number of fused-ring (bicyclic) bond motifs is 12. The second-order valence-electron chi connectivity index (χ2n) is 18.9. The molecule has 0 radical (unpaired) electrons. The summed E-state index contributed by atoms with van der Waals surface area (Å²) in [5.74, 6) is 0. The van der Waals surface area contributed by atoms with Gasteiger partial charge in [0.1, 0.15) is 0 Å². The molecule has 9 aromatic carbocycles. The van der Waals surface area contributed by atoms with E-state index in [1.54, 1.807) is 0 Å². The first kappa shape index (κ1) is 37.5. The summed E-state index contributed by atoms with van der Waals surface area (Å²) in [5, 5.41) is 0. The normalized spacial score (nSPS) is 14.5. The predicted octanol–water partition coefficient (Wildman–Crippen LogP) is 16.3. The molecule has 0 atom stereocenters. The number of hydrogen-bond donors (Lipinski definition) is 0. The van der Waals surface area contributed by atoms with Crippen molar-refractivity contribution < 1.29 is 0 Å². The number of anilines is 3. The highest BCUT2D eigenvalue weighted by Crippen LogP contribution is 2.52. The van der Waals surface area contributed by atoms with E-state index in [0.29, 0.717) is 0 Å². The van der Waals surface area contributed by atoms with Gasteiger partial charge in [-0.15, -0.1) is 0 Å². The van der Waals surface area contributed by atoms with Crippen LogP contribution in [0.2, 0.25) is 0 Å². The summed E-state index contributed by atoms with van der Waals surface area (Å²) < 4.78 is 0. The summed E-state index contributed by atoms with van der Waals surface area (Å²) in [6.07, 6.45) is 1.70. The molecule has 12 rings (SSSR count). The van der Waals surface area contributed by atoms with Crippen LogP contribution in [0.25, 0.3) is 55.6 Å². The van der Waals surface area contributed by atoms with Crippen LogP contribution >= 0.6 is 0 Å². The number of rotatable bonds is 4. The van der Waals surface area contributed by atoms with Gasteiger partial charge in [-0.25, -0.2) is 0 Å².